The number of allylic oxidation sites excluding steroid dienone is 1. The summed E-state index contributed by atoms with van der Waals surface area (Å²) in [7, 11) is 0. The summed E-state index contributed by atoms with van der Waals surface area (Å²) in [4.78, 5) is 4.34. The van der Waals surface area contributed by atoms with Gasteiger partial charge in [-0.2, -0.15) is 0 Å². The predicted octanol–water partition coefficient (Wildman–Crippen LogP) is 3.89. The molecule has 0 fully saturated rings. The van der Waals surface area contributed by atoms with Crippen LogP contribution in [0.4, 0.5) is 0 Å². The van der Waals surface area contributed by atoms with Crippen molar-refractivity contribution < 1.29 is 9.47 Å². The maximum Gasteiger partial charge on any atom is 0.215 e. The van der Waals surface area contributed by atoms with E-state index in [4.69, 9.17) is 9.47 Å². The average molecular weight is 279 g/mol. The highest BCUT2D eigenvalue weighted by molar-refractivity contribution is 5.72. The fraction of sp³-hybridized carbons (Fsp3) is 0.167. The molecule has 1 atom stereocenters. The standard InChI is InChI=1S/C18H17NO2/c1-3-7-15(8-4-1)13-20-14-17-11-12-19-18(21-17)16-9-5-2-6-10-16/h1-12,18H,13-14H2. The highest BCUT2D eigenvalue weighted by Crippen LogP contribution is 2.24. The number of nitrogens with zero attached hydrogens (tertiary/aromatic N) is 1. The largest absolute Gasteiger partial charge is 0.466 e. The normalized spacial score (nSPS) is 17.1. The van der Waals surface area contributed by atoms with Crippen LogP contribution < -0.4 is 0 Å². The third-order valence-corrected chi connectivity index (χ3v) is 3.19. The van der Waals surface area contributed by atoms with Gasteiger partial charge in [-0.3, -0.25) is 0 Å². The van der Waals surface area contributed by atoms with Crippen molar-refractivity contribution in [1.82, 2.24) is 0 Å². The lowest BCUT2D eigenvalue weighted by Crippen LogP contribution is -2.10. The molecule has 1 aliphatic heterocycles. The highest BCUT2D eigenvalue weighted by Gasteiger charge is 2.15. The van der Waals surface area contributed by atoms with Crippen molar-refractivity contribution in [3.8, 4) is 0 Å². The van der Waals surface area contributed by atoms with Crippen molar-refractivity contribution in [2.45, 2.75) is 12.8 Å². The molecule has 1 heterocycles. The fourth-order valence-corrected chi connectivity index (χ4v) is 2.12. The Morgan fingerprint density at radius 2 is 1.62 bits per heavy atom. The van der Waals surface area contributed by atoms with Crippen LogP contribution in [-0.2, 0) is 16.1 Å². The van der Waals surface area contributed by atoms with Crippen molar-refractivity contribution in [2.24, 2.45) is 4.99 Å². The molecule has 0 saturated heterocycles. The molecule has 0 radical (unpaired) electrons. The second kappa shape index (κ2) is 6.86. The van der Waals surface area contributed by atoms with Gasteiger partial charge in [0.25, 0.3) is 0 Å². The maximum atomic E-state index is 5.85. The molecule has 0 spiro atoms. The first-order valence-corrected chi connectivity index (χ1v) is 6.97. The van der Waals surface area contributed by atoms with E-state index in [9.17, 15) is 0 Å². The van der Waals surface area contributed by atoms with E-state index >= 15 is 0 Å². The SMILES string of the molecule is C1=NC(c2ccccc2)OC(COCc2ccccc2)=C1. The van der Waals surface area contributed by atoms with E-state index in [0.29, 0.717) is 13.2 Å². The van der Waals surface area contributed by atoms with Gasteiger partial charge in [-0.25, -0.2) is 4.99 Å². The molecule has 3 heteroatoms. The number of aliphatic imine (C=N–C) groups is 1. The van der Waals surface area contributed by atoms with Crippen LogP contribution in [0.25, 0.3) is 0 Å². The van der Waals surface area contributed by atoms with E-state index in [-0.39, 0.29) is 6.23 Å². The fourth-order valence-electron chi connectivity index (χ4n) is 2.12. The van der Waals surface area contributed by atoms with Crippen LogP contribution in [0, 0.1) is 0 Å². The zero-order valence-electron chi connectivity index (χ0n) is 11.7. The Morgan fingerprint density at radius 1 is 0.905 bits per heavy atom. The molecule has 2 aromatic carbocycles. The van der Waals surface area contributed by atoms with Gasteiger partial charge in [-0.05, 0) is 11.6 Å². The molecular weight excluding hydrogens is 262 g/mol. The monoisotopic (exact) mass is 279 g/mol. The Labute approximate surface area is 124 Å². The van der Waals surface area contributed by atoms with Crippen LogP contribution in [-0.4, -0.2) is 12.8 Å². The highest BCUT2D eigenvalue weighted by atomic mass is 16.5. The van der Waals surface area contributed by atoms with Gasteiger partial charge >= 0.3 is 0 Å². The molecule has 0 amide bonds. The van der Waals surface area contributed by atoms with Gasteiger partial charge in [0, 0.05) is 11.8 Å². The Bertz CT molecular complexity index is 620. The van der Waals surface area contributed by atoms with Crippen LogP contribution in [0.15, 0.2) is 77.5 Å². The Kier molecular flexibility index (Phi) is 4.44. The summed E-state index contributed by atoms with van der Waals surface area (Å²) in [5, 5.41) is 0. The summed E-state index contributed by atoms with van der Waals surface area (Å²) >= 11 is 0. The first-order chi connectivity index (χ1) is 10.4. The molecule has 3 nitrogen and oxygen atoms in total. The average Bonchev–Trinajstić information content (AvgIpc) is 2.57. The number of hydrogen-bond donors (Lipinski definition) is 0. The molecule has 0 N–H and O–H groups in total. The van der Waals surface area contributed by atoms with Crippen molar-refractivity contribution >= 4 is 6.21 Å². The minimum Gasteiger partial charge on any atom is -0.466 e. The molecule has 0 aliphatic carbocycles. The van der Waals surface area contributed by atoms with Gasteiger partial charge in [0.2, 0.25) is 6.23 Å². The number of rotatable bonds is 5. The quantitative estimate of drug-likeness (QED) is 0.831. The van der Waals surface area contributed by atoms with Crippen molar-refractivity contribution in [3.05, 3.63) is 83.6 Å². The molecule has 3 rings (SSSR count). The smallest absolute Gasteiger partial charge is 0.215 e. The molecule has 21 heavy (non-hydrogen) atoms. The molecule has 2 aromatic rings. The topological polar surface area (TPSA) is 30.8 Å². The molecule has 0 aromatic heterocycles. The van der Waals surface area contributed by atoms with Crippen LogP contribution in [0.3, 0.4) is 0 Å². The van der Waals surface area contributed by atoms with Gasteiger partial charge in [-0.1, -0.05) is 60.7 Å². The van der Waals surface area contributed by atoms with Crippen LogP contribution in [0.2, 0.25) is 0 Å². The summed E-state index contributed by atoms with van der Waals surface area (Å²) < 4.78 is 11.5. The second-order valence-electron chi connectivity index (χ2n) is 4.79. The van der Waals surface area contributed by atoms with Gasteiger partial charge in [0.1, 0.15) is 12.4 Å². The van der Waals surface area contributed by atoms with E-state index < -0.39 is 0 Å². The lowest BCUT2D eigenvalue weighted by molar-refractivity contribution is 0.0541. The molecule has 1 aliphatic rings. The zero-order chi connectivity index (χ0) is 14.3. The lowest BCUT2D eigenvalue weighted by atomic mass is 10.2. The predicted molar refractivity (Wildman–Crippen MR) is 82.9 cm³/mol. The minimum absolute atomic E-state index is 0.272. The summed E-state index contributed by atoms with van der Waals surface area (Å²) in [6.07, 6.45) is 3.36. The summed E-state index contributed by atoms with van der Waals surface area (Å²) in [6, 6.07) is 20.1. The van der Waals surface area contributed by atoms with Gasteiger partial charge in [0.05, 0.1) is 6.61 Å². The number of benzene rings is 2. The summed E-state index contributed by atoms with van der Waals surface area (Å²) in [5.41, 5.74) is 2.20. The van der Waals surface area contributed by atoms with Crippen molar-refractivity contribution in [1.29, 1.82) is 0 Å². The maximum absolute atomic E-state index is 5.85. The molecule has 106 valence electrons. The molecule has 1 unspecified atom stereocenters. The molecule has 0 bridgehead atoms. The number of ether oxygens (including phenoxy) is 2. The van der Waals surface area contributed by atoms with E-state index in [2.05, 4.69) is 4.99 Å². The minimum atomic E-state index is -0.272. The van der Waals surface area contributed by atoms with E-state index in [1.54, 1.807) is 6.21 Å². The summed E-state index contributed by atoms with van der Waals surface area (Å²) in [5.74, 6) is 0.801. The van der Waals surface area contributed by atoms with Crippen LogP contribution >= 0.6 is 0 Å². The van der Waals surface area contributed by atoms with E-state index in [1.165, 1.54) is 0 Å². The van der Waals surface area contributed by atoms with Gasteiger partial charge in [0.15, 0.2) is 0 Å². The third-order valence-electron chi connectivity index (χ3n) is 3.19. The zero-order valence-corrected chi connectivity index (χ0v) is 11.7. The second-order valence-corrected chi connectivity index (χ2v) is 4.79. The molecule has 0 saturated carbocycles. The van der Waals surface area contributed by atoms with Gasteiger partial charge < -0.3 is 9.47 Å². The Hall–Kier alpha value is -2.39. The Morgan fingerprint density at radius 3 is 2.38 bits per heavy atom. The van der Waals surface area contributed by atoms with Crippen molar-refractivity contribution in [3.63, 3.8) is 0 Å². The Balaban J connectivity index is 1.53. The van der Waals surface area contributed by atoms with E-state index in [0.717, 1.165) is 16.9 Å². The van der Waals surface area contributed by atoms with Crippen LogP contribution in [0.5, 0.6) is 0 Å². The van der Waals surface area contributed by atoms with E-state index in [1.807, 2.05) is 66.7 Å². The lowest BCUT2D eigenvalue weighted by Gasteiger charge is -2.20. The number of hydrogen-bond acceptors (Lipinski definition) is 3. The summed E-state index contributed by atoms with van der Waals surface area (Å²) in [6.45, 7) is 1.03. The van der Waals surface area contributed by atoms with Gasteiger partial charge in [-0.15, -0.1) is 0 Å². The first kappa shape index (κ1) is 13.6. The molecular formula is C18H17NO2. The first-order valence-electron chi connectivity index (χ1n) is 6.97. The third kappa shape index (κ3) is 3.80. The van der Waals surface area contributed by atoms with Crippen molar-refractivity contribution in [2.75, 3.05) is 6.61 Å². The van der Waals surface area contributed by atoms with Crippen LogP contribution in [0.1, 0.15) is 17.4 Å².